The molecular formula is C12H20NO4P. The van der Waals surface area contributed by atoms with Crippen molar-refractivity contribution < 1.29 is 18.4 Å². The Kier molecular flexibility index (Phi) is 5.32. The summed E-state index contributed by atoms with van der Waals surface area (Å²) >= 11 is 0. The van der Waals surface area contributed by atoms with Crippen molar-refractivity contribution in [1.29, 1.82) is 0 Å². The van der Waals surface area contributed by atoms with Crippen molar-refractivity contribution in [3.8, 4) is 0 Å². The number of carbonyl (C=O) groups excluding carboxylic acids is 1. The second-order valence-corrected chi connectivity index (χ2v) is 6.59. The Bertz CT molecular complexity index is 447. The summed E-state index contributed by atoms with van der Waals surface area (Å²) in [6, 6.07) is 3.91. The first-order valence-corrected chi connectivity index (χ1v) is 7.48. The van der Waals surface area contributed by atoms with Crippen molar-refractivity contribution in [2.75, 3.05) is 20.4 Å². The van der Waals surface area contributed by atoms with E-state index in [2.05, 4.69) is 0 Å². The molecule has 0 amide bonds. The normalized spacial score (nSPS) is 13.6. The summed E-state index contributed by atoms with van der Waals surface area (Å²) in [5.74, 6) is -0.0320. The molecule has 0 saturated carbocycles. The summed E-state index contributed by atoms with van der Waals surface area (Å²) in [5.41, 5.74) is 1.08. The molecule has 0 aromatic carbocycles. The predicted molar refractivity (Wildman–Crippen MR) is 69.9 cm³/mol. The molecule has 0 saturated heterocycles. The summed E-state index contributed by atoms with van der Waals surface area (Å²) in [4.78, 5) is 11.9. The first-order valence-electron chi connectivity index (χ1n) is 5.75. The van der Waals surface area contributed by atoms with Gasteiger partial charge in [0.05, 0.1) is 0 Å². The van der Waals surface area contributed by atoms with Crippen LogP contribution in [0.3, 0.4) is 0 Å². The third-order valence-electron chi connectivity index (χ3n) is 2.95. The first-order chi connectivity index (χ1) is 8.41. The van der Waals surface area contributed by atoms with E-state index in [1.807, 2.05) is 36.9 Å². The lowest BCUT2D eigenvalue weighted by Crippen LogP contribution is -2.12. The van der Waals surface area contributed by atoms with E-state index in [1.165, 1.54) is 14.2 Å². The minimum Gasteiger partial charge on any atom is -0.354 e. The predicted octanol–water partition coefficient (Wildman–Crippen LogP) is 2.57. The van der Waals surface area contributed by atoms with Crippen molar-refractivity contribution in [2.24, 2.45) is 7.05 Å². The summed E-state index contributed by atoms with van der Waals surface area (Å²) in [6.45, 7) is 1.97. The van der Waals surface area contributed by atoms with Crippen LogP contribution < -0.4 is 0 Å². The van der Waals surface area contributed by atoms with E-state index in [0.29, 0.717) is 6.42 Å². The molecule has 0 bridgehead atoms. The summed E-state index contributed by atoms with van der Waals surface area (Å²) in [6.07, 6.45) is 2.09. The topological polar surface area (TPSA) is 57.5 Å². The SMILES string of the molecule is COP(=O)(CC(=O)CC(C)c1cccn1C)OC. The minimum atomic E-state index is -3.24. The molecule has 5 nitrogen and oxygen atoms in total. The molecule has 0 aliphatic carbocycles. The largest absolute Gasteiger partial charge is 0.354 e. The summed E-state index contributed by atoms with van der Waals surface area (Å²) in [7, 11) is 1.28. The number of rotatable bonds is 7. The fraction of sp³-hybridized carbons (Fsp3) is 0.583. The van der Waals surface area contributed by atoms with Gasteiger partial charge in [0.25, 0.3) is 0 Å². The molecule has 1 heterocycles. The van der Waals surface area contributed by atoms with Gasteiger partial charge in [-0.25, -0.2) is 0 Å². The third-order valence-corrected chi connectivity index (χ3v) is 4.80. The highest BCUT2D eigenvalue weighted by Crippen LogP contribution is 2.46. The second-order valence-electron chi connectivity index (χ2n) is 4.32. The van der Waals surface area contributed by atoms with Crippen LogP contribution in [0.15, 0.2) is 18.3 Å². The van der Waals surface area contributed by atoms with Crippen LogP contribution in [0.5, 0.6) is 0 Å². The van der Waals surface area contributed by atoms with Crippen molar-refractivity contribution in [1.82, 2.24) is 4.57 Å². The van der Waals surface area contributed by atoms with E-state index >= 15 is 0 Å². The highest BCUT2D eigenvalue weighted by molar-refractivity contribution is 7.54. The van der Waals surface area contributed by atoms with E-state index in [1.54, 1.807) is 0 Å². The fourth-order valence-electron chi connectivity index (χ4n) is 1.92. The molecule has 1 aromatic rings. The Morgan fingerprint density at radius 3 is 2.50 bits per heavy atom. The average Bonchev–Trinajstić information content (AvgIpc) is 2.75. The first kappa shape index (κ1) is 15.2. The lowest BCUT2D eigenvalue weighted by Gasteiger charge is -2.15. The molecular weight excluding hydrogens is 253 g/mol. The van der Waals surface area contributed by atoms with Gasteiger partial charge in [0, 0.05) is 45.5 Å². The van der Waals surface area contributed by atoms with Crippen LogP contribution in [0.2, 0.25) is 0 Å². The van der Waals surface area contributed by atoms with E-state index in [4.69, 9.17) is 9.05 Å². The van der Waals surface area contributed by atoms with Crippen LogP contribution >= 0.6 is 7.60 Å². The van der Waals surface area contributed by atoms with Gasteiger partial charge in [0.15, 0.2) is 0 Å². The van der Waals surface area contributed by atoms with E-state index in [-0.39, 0.29) is 17.9 Å². The number of aromatic nitrogens is 1. The molecule has 1 atom stereocenters. The van der Waals surface area contributed by atoms with Gasteiger partial charge in [-0.2, -0.15) is 0 Å². The van der Waals surface area contributed by atoms with Gasteiger partial charge in [-0.05, 0) is 12.1 Å². The van der Waals surface area contributed by atoms with Crippen molar-refractivity contribution in [3.05, 3.63) is 24.0 Å². The maximum Gasteiger partial charge on any atom is 0.337 e. The van der Waals surface area contributed by atoms with Crippen LogP contribution in [-0.4, -0.2) is 30.7 Å². The number of hydrogen-bond acceptors (Lipinski definition) is 4. The molecule has 1 unspecified atom stereocenters. The van der Waals surface area contributed by atoms with E-state index in [9.17, 15) is 9.36 Å². The number of ketones is 1. The summed E-state index contributed by atoms with van der Waals surface area (Å²) in [5, 5.41) is 0. The minimum absolute atomic E-state index is 0.0830. The van der Waals surface area contributed by atoms with Gasteiger partial charge in [0.2, 0.25) is 0 Å². The van der Waals surface area contributed by atoms with Crippen molar-refractivity contribution >= 4 is 13.4 Å². The monoisotopic (exact) mass is 273 g/mol. The molecule has 6 heteroatoms. The molecule has 0 aliphatic rings. The van der Waals surface area contributed by atoms with E-state index in [0.717, 1.165) is 5.69 Å². The smallest absolute Gasteiger partial charge is 0.337 e. The number of nitrogens with zero attached hydrogens (tertiary/aromatic N) is 1. The van der Waals surface area contributed by atoms with Crippen molar-refractivity contribution in [3.63, 3.8) is 0 Å². The molecule has 0 aliphatic heterocycles. The Morgan fingerprint density at radius 2 is 2.06 bits per heavy atom. The molecule has 1 aromatic heterocycles. The molecule has 0 N–H and O–H groups in total. The van der Waals surface area contributed by atoms with Gasteiger partial charge in [-0.3, -0.25) is 9.36 Å². The highest BCUT2D eigenvalue weighted by Gasteiger charge is 2.26. The molecule has 0 fully saturated rings. The number of hydrogen-bond donors (Lipinski definition) is 0. The van der Waals surface area contributed by atoms with Crippen LogP contribution in [0.25, 0.3) is 0 Å². The van der Waals surface area contributed by atoms with Crippen LogP contribution in [0.1, 0.15) is 25.0 Å². The maximum absolute atomic E-state index is 11.9. The standard InChI is InChI=1S/C12H20NO4P/c1-10(12-6-5-7-13(12)2)8-11(14)9-18(15,16-3)17-4/h5-7,10H,8-9H2,1-4H3. The Labute approximate surface area is 108 Å². The van der Waals surface area contributed by atoms with Gasteiger partial charge in [0.1, 0.15) is 11.9 Å². The molecule has 0 radical (unpaired) electrons. The van der Waals surface area contributed by atoms with E-state index < -0.39 is 7.60 Å². The van der Waals surface area contributed by atoms with Gasteiger partial charge in [-0.15, -0.1) is 0 Å². The van der Waals surface area contributed by atoms with Gasteiger partial charge < -0.3 is 13.6 Å². The third kappa shape index (κ3) is 3.80. The van der Waals surface area contributed by atoms with Crippen LogP contribution in [-0.2, 0) is 25.5 Å². The summed E-state index contributed by atoms with van der Waals surface area (Å²) < 4.78 is 23.3. The zero-order chi connectivity index (χ0) is 13.8. The highest BCUT2D eigenvalue weighted by atomic mass is 31.2. The lowest BCUT2D eigenvalue weighted by molar-refractivity contribution is -0.117. The number of Topliss-reactive ketones (excluding diaryl/α,β-unsaturated/α-hetero) is 1. The molecule has 102 valence electrons. The Morgan fingerprint density at radius 1 is 1.44 bits per heavy atom. The van der Waals surface area contributed by atoms with Crippen LogP contribution in [0, 0.1) is 0 Å². The molecule has 0 spiro atoms. The van der Waals surface area contributed by atoms with Crippen molar-refractivity contribution in [2.45, 2.75) is 19.3 Å². The van der Waals surface area contributed by atoms with Gasteiger partial charge >= 0.3 is 7.60 Å². The quantitative estimate of drug-likeness (QED) is 0.716. The zero-order valence-corrected chi connectivity index (χ0v) is 12.1. The molecule has 1 rings (SSSR count). The van der Waals surface area contributed by atoms with Crippen LogP contribution in [0.4, 0.5) is 0 Å². The maximum atomic E-state index is 11.9. The van der Waals surface area contributed by atoms with Gasteiger partial charge in [-0.1, -0.05) is 6.92 Å². The number of aryl methyl sites for hydroxylation is 1. The molecule has 18 heavy (non-hydrogen) atoms. The second kappa shape index (κ2) is 6.32. The zero-order valence-electron chi connectivity index (χ0n) is 11.3. The Hall–Kier alpha value is -0.900. The average molecular weight is 273 g/mol. The Balaban J connectivity index is 2.61. The lowest BCUT2D eigenvalue weighted by atomic mass is 10.0. The number of carbonyl (C=O) groups is 1. The fourth-order valence-corrected chi connectivity index (χ4v) is 2.88.